The van der Waals surface area contributed by atoms with Crippen molar-refractivity contribution in [2.24, 2.45) is 5.73 Å². The number of β-lactam (4-membered cyclic amide) rings is 1. The lowest BCUT2D eigenvalue weighted by Crippen LogP contribution is -2.78. The predicted molar refractivity (Wildman–Crippen MR) is 80.6 cm³/mol. The fourth-order valence-electron chi connectivity index (χ4n) is 2.32. The van der Waals surface area contributed by atoms with Crippen LogP contribution in [0, 0.1) is 0 Å². The number of carbonyl (C=O) groups excluding carboxylic acids is 3. The quantitative estimate of drug-likeness (QED) is 0.454. The summed E-state index contributed by atoms with van der Waals surface area (Å²) < 4.78 is 10.4. The average molecular weight is 328 g/mol. The SMILES string of the molecule is COC1(N)C(=O)N2C(C(=O)OC(C)(C)C)=C(C(C)=O)CS[C@@H]21. The fourth-order valence-corrected chi connectivity index (χ4v) is 3.78. The van der Waals surface area contributed by atoms with Gasteiger partial charge in [-0.25, -0.2) is 4.79 Å². The van der Waals surface area contributed by atoms with E-state index in [1.807, 2.05) is 0 Å². The van der Waals surface area contributed by atoms with E-state index in [9.17, 15) is 14.4 Å². The highest BCUT2D eigenvalue weighted by Gasteiger charge is 2.64. The molecule has 0 spiro atoms. The van der Waals surface area contributed by atoms with Crippen molar-refractivity contribution in [1.29, 1.82) is 0 Å². The highest BCUT2D eigenvalue weighted by molar-refractivity contribution is 8.00. The van der Waals surface area contributed by atoms with E-state index in [2.05, 4.69) is 0 Å². The molecule has 1 unspecified atom stereocenters. The number of thioether (sulfide) groups is 1. The Morgan fingerprint density at radius 3 is 2.45 bits per heavy atom. The van der Waals surface area contributed by atoms with Gasteiger partial charge in [-0.2, -0.15) is 0 Å². The number of hydrogen-bond acceptors (Lipinski definition) is 7. The van der Waals surface area contributed by atoms with E-state index in [0.29, 0.717) is 0 Å². The molecule has 2 N–H and O–H groups in total. The Labute approximate surface area is 133 Å². The van der Waals surface area contributed by atoms with Crippen molar-refractivity contribution in [3.63, 3.8) is 0 Å². The van der Waals surface area contributed by atoms with Crippen LogP contribution >= 0.6 is 11.8 Å². The molecule has 2 rings (SSSR count). The summed E-state index contributed by atoms with van der Waals surface area (Å²) in [7, 11) is 1.34. The van der Waals surface area contributed by atoms with Crippen molar-refractivity contribution >= 4 is 29.4 Å². The van der Waals surface area contributed by atoms with E-state index in [1.54, 1.807) is 20.8 Å². The first-order valence-corrected chi connectivity index (χ1v) is 7.84. The van der Waals surface area contributed by atoms with Crippen molar-refractivity contribution < 1.29 is 23.9 Å². The largest absolute Gasteiger partial charge is 0.455 e. The van der Waals surface area contributed by atoms with Gasteiger partial charge in [0, 0.05) is 18.4 Å². The number of methoxy groups -OCH3 is 1. The predicted octanol–water partition coefficient (Wildman–Crippen LogP) is 0.388. The normalized spacial score (nSPS) is 28.2. The van der Waals surface area contributed by atoms with Crippen LogP contribution in [0.3, 0.4) is 0 Å². The third-order valence-electron chi connectivity index (χ3n) is 3.42. The summed E-state index contributed by atoms with van der Waals surface area (Å²) in [4.78, 5) is 37.8. The lowest BCUT2D eigenvalue weighted by Gasteiger charge is -2.54. The summed E-state index contributed by atoms with van der Waals surface area (Å²) in [6.07, 6.45) is 0. The monoisotopic (exact) mass is 328 g/mol. The smallest absolute Gasteiger partial charge is 0.356 e. The maximum atomic E-state index is 12.4. The Morgan fingerprint density at radius 2 is 2.00 bits per heavy atom. The zero-order valence-electron chi connectivity index (χ0n) is 13.3. The minimum Gasteiger partial charge on any atom is -0.455 e. The first kappa shape index (κ1) is 17.0. The number of ketones is 1. The molecule has 8 heteroatoms. The highest BCUT2D eigenvalue weighted by Crippen LogP contribution is 2.45. The maximum Gasteiger partial charge on any atom is 0.356 e. The number of carbonyl (C=O) groups is 3. The molecule has 0 aromatic carbocycles. The number of hydrogen-bond donors (Lipinski definition) is 1. The van der Waals surface area contributed by atoms with Gasteiger partial charge in [0.05, 0.1) is 0 Å². The minimum atomic E-state index is -1.47. The number of fused-ring (bicyclic) bond motifs is 1. The second-order valence-corrected chi connectivity index (χ2v) is 7.29. The lowest BCUT2D eigenvalue weighted by atomic mass is 9.98. The Kier molecular flexibility index (Phi) is 4.14. The number of nitrogens with two attached hydrogens (primary N) is 1. The zero-order chi connectivity index (χ0) is 16.9. The van der Waals surface area contributed by atoms with Gasteiger partial charge in [-0.3, -0.25) is 20.2 Å². The number of ether oxygens (including phenoxy) is 2. The van der Waals surface area contributed by atoms with Crippen LogP contribution in [0.5, 0.6) is 0 Å². The summed E-state index contributed by atoms with van der Waals surface area (Å²) in [5.41, 5.74) is 3.96. The van der Waals surface area contributed by atoms with Crippen molar-refractivity contribution in [1.82, 2.24) is 4.90 Å². The van der Waals surface area contributed by atoms with Crippen LogP contribution in [0.1, 0.15) is 27.7 Å². The van der Waals surface area contributed by atoms with Gasteiger partial charge in [0.25, 0.3) is 5.91 Å². The Bertz CT molecular complexity index is 580. The third kappa shape index (κ3) is 2.55. The molecule has 2 aliphatic rings. The molecule has 22 heavy (non-hydrogen) atoms. The molecule has 2 aliphatic heterocycles. The summed E-state index contributed by atoms with van der Waals surface area (Å²) in [5.74, 6) is -1.24. The molecule has 1 amide bonds. The fraction of sp³-hybridized carbons (Fsp3) is 0.643. The Hall–Kier alpha value is -1.38. The molecule has 0 aliphatic carbocycles. The van der Waals surface area contributed by atoms with E-state index in [1.165, 1.54) is 30.7 Å². The summed E-state index contributed by atoms with van der Waals surface area (Å²) in [6, 6.07) is 0. The molecular weight excluding hydrogens is 308 g/mol. The van der Waals surface area contributed by atoms with Crippen molar-refractivity contribution in [3.8, 4) is 0 Å². The molecule has 7 nitrogen and oxygen atoms in total. The molecule has 2 heterocycles. The second-order valence-electron chi connectivity index (χ2n) is 6.22. The summed E-state index contributed by atoms with van der Waals surface area (Å²) >= 11 is 1.29. The molecule has 0 saturated carbocycles. The van der Waals surface area contributed by atoms with E-state index < -0.39 is 28.6 Å². The molecule has 0 aromatic heterocycles. The molecular formula is C14H20N2O5S. The zero-order valence-corrected chi connectivity index (χ0v) is 14.1. The second kappa shape index (κ2) is 5.36. The van der Waals surface area contributed by atoms with E-state index in [-0.39, 0.29) is 22.8 Å². The molecule has 0 radical (unpaired) electrons. The van der Waals surface area contributed by atoms with Crippen LogP contribution in [0.15, 0.2) is 11.3 Å². The van der Waals surface area contributed by atoms with Gasteiger partial charge in [0.15, 0.2) is 5.78 Å². The van der Waals surface area contributed by atoms with Gasteiger partial charge in [-0.15, -0.1) is 11.8 Å². The highest BCUT2D eigenvalue weighted by atomic mass is 32.2. The maximum absolute atomic E-state index is 12.4. The van der Waals surface area contributed by atoms with Crippen molar-refractivity contribution in [2.75, 3.05) is 12.9 Å². The molecule has 1 fully saturated rings. The number of Topliss-reactive ketones (excluding diaryl/α,β-unsaturated/α-hetero) is 1. The van der Waals surface area contributed by atoms with Gasteiger partial charge in [-0.05, 0) is 27.7 Å². The number of nitrogens with zero attached hydrogens (tertiary/aromatic N) is 1. The van der Waals surface area contributed by atoms with Crippen molar-refractivity contribution in [3.05, 3.63) is 11.3 Å². The van der Waals surface area contributed by atoms with Gasteiger partial charge in [-0.1, -0.05) is 0 Å². The molecule has 0 aromatic rings. The van der Waals surface area contributed by atoms with Crippen LogP contribution in [0.2, 0.25) is 0 Å². The van der Waals surface area contributed by atoms with E-state index in [0.717, 1.165) is 0 Å². The first-order chi connectivity index (χ1) is 10.0. The van der Waals surface area contributed by atoms with Crippen LogP contribution in [-0.4, -0.2) is 52.1 Å². The van der Waals surface area contributed by atoms with E-state index >= 15 is 0 Å². The first-order valence-electron chi connectivity index (χ1n) is 6.79. The summed E-state index contributed by atoms with van der Waals surface area (Å²) in [6.45, 7) is 6.51. The Balaban J connectivity index is 2.43. The van der Waals surface area contributed by atoms with Crippen LogP contribution < -0.4 is 5.73 Å². The van der Waals surface area contributed by atoms with Crippen LogP contribution in [0.4, 0.5) is 0 Å². The number of amides is 1. The molecule has 0 bridgehead atoms. The van der Waals surface area contributed by atoms with E-state index in [4.69, 9.17) is 15.2 Å². The topological polar surface area (TPSA) is 98.9 Å². The minimum absolute atomic E-state index is 0.0192. The number of esters is 1. The molecule has 122 valence electrons. The van der Waals surface area contributed by atoms with Crippen molar-refractivity contribution in [2.45, 2.75) is 44.4 Å². The average Bonchev–Trinajstić information content (AvgIpc) is 2.42. The number of rotatable bonds is 3. The Morgan fingerprint density at radius 1 is 1.41 bits per heavy atom. The van der Waals surface area contributed by atoms with Crippen LogP contribution in [0.25, 0.3) is 0 Å². The molecule has 2 atom stereocenters. The van der Waals surface area contributed by atoms with Crippen LogP contribution in [-0.2, 0) is 23.9 Å². The lowest BCUT2D eigenvalue weighted by molar-refractivity contribution is -0.184. The third-order valence-corrected chi connectivity index (χ3v) is 4.75. The molecule has 1 saturated heterocycles. The van der Waals surface area contributed by atoms with Gasteiger partial charge >= 0.3 is 5.97 Å². The summed E-state index contributed by atoms with van der Waals surface area (Å²) in [5, 5.41) is -0.546. The van der Waals surface area contributed by atoms with Gasteiger partial charge < -0.3 is 9.47 Å². The van der Waals surface area contributed by atoms with Gasteiger partial charge in [0.2, 0.25) is 5.72 Å². The standard InChI is InChI=1S/C14H20N2O5S/c1-7(17)8-6-22-12-14(15,20-5)11(19)16(12)9(8)10(18)21-13(2,3)4/h12H,6,15H2,1-5H3/t12-,14?/m1/s1. The van der Waals surface area contributed by atoms with Gasteiger partial charge in [0.1, 0.15) is 16.7 Å².